The quantitative estimate of drug-likeness (QED) is 0.846. The molecule has 2 unspecified atom stereocenters. The monoisotopic (exact) mass is 296 g/mol. The first-order valence-corrected chi connectivity index (χ1v) is 8.81. The zero-order valence-corrected chi connectivity index (χ0v) is 13.0. The van der Waals surface area contributed by atoms with E-state index in [0.29, 0.717) is 17.4 Å². The Labute approximate surface area is 122 Å². The molecule has 1 aromatic rings. The first kappa shape index (κ1) is 15.5. The van der Waals surface area contributed by atoms with Gasteiger partial charge in [0, 0.05) is 12.6 Å². The molecule has 0 saturated heterocycles. The summed E-state index contributed by atoms with van der Waals surface area (Å²) in [5.74, 6) is 0.614. The summed E-state index contributed by atoms with van der Waals surface area (Å²) in [5, 5.41) is 3.21. The average molecular weight is 296 g/mol. The van der Waals surface area contributed by atoms with E-state index in [4.69, 9.17) is 0 Å². The summed E-state index contributed by atoms with van der Waals surface area (Å²) in [7, 11) is -3.39. The Morgan fingerprint density at radius 3 is 2.75 bits per heavy atom. The van der Waals surface area contributed by atoms with Crippen LogP contribution in [0.25, 0.3) is 0 Å². The van der Waals surface area contributed by atoms with Crippen molar-refractivity contribution in [2.24, 2.45) is 5.92 Å². The van der Waals surface area contributed by atoms with E-state index < -0.39 is 10.0 Å². The standard InChI is InChI=1S/C15H24N2O2S/c1-3-16-11-13-5-4-6-15(10-13)20(18,19)17-14-8-7-12(2)9-14/h4-6,10,12,14,16-17H,3,7-9,11H2,1-2H3. The Balaban J connectivity index is 2.08. The van der Waals surface area contributed by atoms with Gasteiger partial charge in [-0.2, -0.15) is 0 Å². The average Bonchev–Trinajstić information content (AvgIpc) is 2.81. The van der Waals surface area contributed by atoms with E-state index in [-0.39, 0.29) is 6.04 Å². The summed E-state index contributed by atoms with van der Waals surface area (Å²) < 4.78 is 27.6. The Hall–Kier alpha value is -0.910. The molecule has 0 spiro atoms. The molecule has 0 aliphatic heterocycles. The summed E-state index contributed by atoms with van der Waals surface area (Å²) in [6, 6.07) is 7.25. The van der Waals surface area contributed by atoms with Crippen molar-refractivity contribution in [3.63, 3.8) is 0 Å². The van der Waals surface area contributed by atoms with Crippen molar-refractivity contribution >= 4 is 10.0 Å². The van der Waals surface area contributed by atoms with Crippen molar-refractivity contribution in [3.8, 4) is 0 Å². The highest BCUT2D eigenvalue weighted by atomic mass is 32.2. The molecular weight excluding hydrogens is 272 g/mol. The molecule has 2 atom stereocenters. The zero-order valence-electron chi connectivity index (χ0n) is 12.2. The number of hydrogen-bond donors (Lipinski definition) is 2. The van der Waals surface area contributed by atoms with Gasteiger partial charge in [0.2, 0.25) is 10.0 Å². The fraction of sp³-hybridized carbons (Fsp3) is 0.600. The van der Waals surface area contributed by atoms with Gasteiger partial charge >= 0.3 is 0 Å². The fourth-order valence-electron chi connectivity index (χ4n) is 2.69. The molecule has 2 rings (SSSR count). The third-order valence-corrected chi connectivity index (χ3v) is 5.32. The second-order valence-corrected chi connectivity index (χ2v) is 7.38. The minimum atomic E-state index is -3.39. The maximum atomic E-state index is 12.4. The van der Waals surface area contributed by atoms with Crippen LogP contribution in [0, 0.1) is 5.92 Å². The molecule has 1 aliphatic rings. The highest BCUT2D eigenvalue weighted by molar-refractivity contribution is 7.89. The molecule has 0 bridgehead atoms. The molecule has 0 heterocycles. The topological polar surface area (TPSA) is 58.2 Å². The van der Waals surface area contributed by atoms with Gasteiger partial charge in [-0.1, -0.05) is 26.0 Å². The molecule has 4 nitrogen and oxygen atoms in total. The first-order valence-electron chi connectivity index (χ1n) is 7.33. The molecular formula is C15H24N2O2S. The Kier molecular flexibility index (Phi) is 5.18. The second-order valence-electron chi connectivity index (χ2n) is 5.66. The van der Waals surface area contributed by atoms with Gasteiger partial charge in [-0.3, -0.25) is 0 Å². The van der Waals surface area contributed by atoms with Crippen molar-refractivity contribution in [1.82, 2.24) is 10.0 Å². The molecule has 1 aromatic carbocycles. The third kappa shape index (κ3) is 4.04. The summed E-state index contributed by atoms with van der Waals surface area (Å²) in [4.78, 5) is 0.368. The van der Waals surface area contributed by atoms with Crippen LogP contribution in [0.5, 0.6) is 0 Å². The molecule has 2 N–H and O–H groups in total. The summed E-state index contributed by atoms with van der Waals surface area (Å²) >= 11 is 0. The molecule has 5 heteroatoms. The van der Waals surface area contributed by atoms with Gasteiger partial charge in [0.05, 0.1) is 4.90 Å². The number of sulfonamides is 1. The van der Waals surface area contributed by atoms with E-state index in [9.17, 15) is 8.42 Å². The van der Waals surface area contributed by atoms with E-state index in [1.165, 1.54) is 0 Å². The second kappa shape index (κ2) is 6.70. The number of rotatable bonds is 6. The minimum Gasteiger partial charge on any atom is -0.313 e. The normalized spacial score (nSPS) is 23.1. The fourth-order valence-corrected chi connectivity index (χ4v) is 4.05. The molecule has 0 amide bonds. The Bertz CT molecular complexity index is 543. The van der Waals surface area contributed by atoms with Crippen molar-refractivity contribution in [1.29, 1.82) is 0 Å². The van der Waals surface area contributed by atoms with Gasteiger partial charge in [0.15, 0.2) is 0 Å². The summed E-state index contributed by atoms with van der Waals surface area (Å²) in [5.41, 5.74) is 0.995. The van der Waals surface area contributed by atoms with Crippen LogP contribution in [-0.2, 0) is 16.6 Å². The molecule has 1 saturated carbocycles. The van der Waals surface area contributed by atoms with Crippen molar-refractivity contribution < 1.29 is 8.42 Å². The largest absolute Gasteiger partial charge is 0.313 e. The number of benzene rings is 1. The van der Waals surface area contributed by atoms with E-state index in [1.807, 2.05) is 13.0 Å². The zero-order chi connectivity index (χ0) is 14.6. The number of nitrogens with one attached hydrogen (secondary N) is 2. The summed E-state index contributed by atoms with van der Waals surface area (Å²) in [6.07, 6.45) is 2.99. The van der Waals surface area contributed by atoms with Gasteiger partial charge in [-0.25, -0.2) is 13.1 Å². The van der Waals surface area contributed by atoms with Crippen LogP contribution in [0.2, 0.25) is 0 Å². The SMILES string of the molecule is CCNCc1cccc(S(=O)(=O)NC2CCC(C)C2)c1. The predicted molar refractivity (Wildman–Crippen MR) is 80.9 cm³/mol. The van der Waals surface area contributed by atoms with Crippen LogP contribution in [0.15, 0.2) is 29.2 Å². The van der Waals surface area contributed by atoms with Crippen LogP contribution < -0.4 is 10.0 Å². The minimum absolute atomic E-state index is 0.0902. The lowest BCUT2D eigenvalue weighted by atomic mass is 10.1. The molecule has 0 aromatic heterocycles. The van der Waals surface area contributed by atoms with Crippen LogP contribution in [0.4, 0.5) is 0 Å². The van der Waals surface area contributed by atoms with E-state index >= 15 is 0 Å². The maximum Gasteiger partial charge on any atom is 0.240 e. The molecule has 0 radical (unpaired) electrons. The van der Waals surface area contributed by atoms with Gasteiger partial charge in [0.25, 0.3) is 0 Å². The smallest absolute Gasteiger partial charge is 0.240 e. The third-order valence-electron chi connectivity index (χ3n) is 3.80. The molecule has 112 valence electrons. The van der Waals surface area contributed by atoms with Crippen molar-refractivity contribution in [3.05, 3.63) is 29.8 Å². The lowest BCUT2D eigenvalue weighted by Crippen LogP contribution is -2.33. The van der Waals surface area contributed by atoms with Gasteiger partial charge < -0.3 is 5.32 Å². The van der Waals surface area contributed by atoms with Crippen molar-refractivity contribution in [2.45, 2.75) is 50.6 Å². The van der Waals surface area contributed by atoms with Crippen LogP contribution in [0.1, 0.15) is 38.7 Å². The first-order chi connectivity index (χ1) is 9.51. The number of hydrogen-bond acceptors (Lipinski definition) is 3. The highest BCUT2D eigenvalue weighted by Gasteiger charge is 2.26. The van der Waals surface area contributed by atoms with Crippen LogP contribution >= 0.6 is 0 Å². The van der Waals surface area contributed by atoms with Gasteiger partial charge in [-0.15, -0.1) is 0 Å². The maximum absolute atomic E-state index is 12.4. The summed E-state index contributed by atoms with van der Waals surface area (Å²) in [6.45, 7) is 5.77. The molecule has 1 fully saturated rings. The Morgan fingerprint density at radius 1 is 1.30 bits per heavy atom. The van der Waals surface area contributed by atoms with Crippen LogP contribution in [0.3, 0.4) is 0 Å². The van der Waals surface area contributed by atoms with Crippen molar-refractivity contribution in [2.75, 3.05) is 6.54 Å². The van der Waals surface area contributed by atoms with Gasteiger partial charge in [-0.05, 0) is 49.4 Å². The van der Waals surface area contributed by atoms with Crippen LogP contribution in [-0.4, -0.2) is 21.0 Å². The molecule has 20 heavy (non-hydrogen) atoms. The van der Waals surface area contributed by atoms with E-state index in [1.54, 1.807) is 18.2 Å². The molecule has 1 aliphatic carbocycles. The predicted octanol–water partition coefficient (Wildman–Crippen LogP) is 2.26. The lowest BCUT2D eigenvalue weighted by Gasteiger charge is -2.13. The highest BCUT2D eigenvalue weighted by Crippen LogP contribution is 2.26. The van der Waals surface area contributed by atoms with E-state index in [0.717, 1.165) is 31.4 Å². The van der Waals surface area contributed by atoms with E-state index in [2.05, 4.69) is 17.0 Å². The van der Waals surface area contributed by atoms with Gasteiger partial charge in [0.1, 0.15) is 0 Å². The lowest BCUT2D eigenvalue weighted by molar-refractivity contribution is 0.538. The Morgan fingerprint density at radius 2 is 2.10 bits per heavy atom.